The van der Waals surface area contributed by atoms with E-state index in [0.29, 0.717) is 0 Å². The van der Waals surface area contributed by atoms with Gasteiger partial charge in [0.2, 0.25) is 0 Å². The molecule has 1 nitrogen and oxygen atoms in total. The van der Waals surface area contributed by atoms with E-state index >= 15 is 0 Å². The van der Waals surface area contributed by atoms with Crippen molar-refractivity contribution in [3.63, 3.8) is 0 Å². The Morgan fingerprint density at radius 1 is 0.375 bits per heavy atom. The molecule has 9 rings (SSSR count). The van der Waals surface area contributed by atoms with Crippen LogP contribution in [0, 0.1) is 0 Å². The number of hydrogen-bond donors (Lipinski definition) is 0. The minimum Gasteiger partial charge on any atom is -0.309 e. The van der Waals surface area contributed by atoms with E-state index in [2.05, 4.69) is 193 Å². The first-order chi connectivity index (χ1) is 23.8. The zero-order chi connectivity index (χ0) is 31.9. The predicted octanol–water partition coefficient (Wildman–Crippen LogP) is 13.7. The van der Waals surface area contributed by atoms with Crippen LogP contribution in [0.15, 0.2) is 188 Å². The first kappa shape index (κ1) is 28.3. The summed E-state index contributed by atoms with van der Waals surface area (Å²) in [5.41, 5.74) is 10.6. The first-order valence-electron chi connectivity index (χ1n) is 16.4. The Bertz CT molecular complexity index is 2560. The Hall–Kier alpha value is -5.96. The van der Waals surface area contributed by atoms with Crippen LogP contribution >= 0.6 is 11.3 Å². The molecule has 226 valence electrons. The fraction of sp³-hybridized carbons (Fsp3) is 0. The minimum absolute atomic E-state index is 1.12. The highest BCUT2D eigenvalue weighted by Crippen LogP contribution is 2.50. The summed E-state index contributed by atoms with van der Waals surface area (Å²) in [6, 6.07) is 68.2. The van der Waals surface area contributed by atoms with E-state index in [9.17, 15) is 0 Å². The summed E-state index contributed by atoms with van der Waals surface area (Å²) in [7, 11) is 0. The number of hydrogen-bond acceptors (Lipinski definition) is 2. The Labute approximate surface area is 284 Å². The number of benzene rings is 8. The lowest BCUT2D eigenvalue weighted by Gasteiger charge is -2.30. The van der Waals surface area contributed by atoms with Gasteiger partial charge in [-0.3, -0.25) is 0 Å². The van der Waals surface area contributed by atoms with Crippen molar-refractivity contribution >= 4 is 59.3 Å². The second-order valence-electron chi connectivity index (χ2n) is 12.1. The fourth-order valence-corrected chi connectivity index (χ4v) is 8.14. The van der Waals surface area contributed by atoms with Gasteiger partial charge in [0.15, 0.2) is 0 Å². The van der Waals surface area contributed by atoms with Crippen LogP contribution in [0.1, 0.15) is 0 Å². The molecule has 0 bridgehead atoms. The van der Waals surface area contributed by atoms with Crippen molar-refractivity contribution in [2.75, 3.05) is 4.90 Å². The molecule has 0 aliphatic rings. The number of fused-ring (bicyclic) bond motifs is 4. The van der Waals surface area contributed by atoms with Crippen molar-refractivity contribution in [3.05, 3.63) is 188 Å². The van der Waals surface area contributed by atoms with Gasteiger partial charge in [-0.05, 0) is 75.5 Å². The molecule has 9 aromatic rings. The smallest absolute Gasteiger partial charge is 0.0547 e. The summed E-state index contributed by atoms with van der Waals surface area (Å²) in [5.74, 6) is 0. The number of thiophene rings is 1. The number of nitrogens with zero attached hydrogens (tertiary/aromatic N) is 1. The average Bonchev–Trinajstić information content (AvgIpc) is 3.55. The highest BCUT2D eigenvalue weighted by Gasteiger charge is 2.24. The molecule has 0 atom stereocenters. The van der Waals surface area contributed by atoms with E-state index in [1.165, 1.54) is 64.3 Å². The lowest BCUT2D eigenvalue weighted by Crippen LogP contribution is -2.12. The number of anilines is 3. The Morgan fingerprint density at radius 2 is 1.04 bits per heavy atom. The zero-order valence-corrected chi connectivity index (χ0v) is 27.1. The van der Waals surface area contributed by atoms with Gasteiger partial charge in [0.25, 0.3) is 0 Å². The molecule has 0 spiro atoms. The van der Waals surface area contributed by atoms with Crippen LogP contribution in [-0.4, -0.2) is 0 Å². The molecular weight excluding hydrogens is 599 g/mol. The van der Waals surface area contributed by atoms with Gasteiger partial charge in [0.05, 0.1) is 11.4 Å². The van der Waals surface area contributed by atoms with E-state index in [1.807, 2.05) is 11.3 Å². The van der Waals surface area contributed by atoms with Gasteiger partial charge in [0, 0.05) is 37.0 Å². The molecule has 0 aliphatic carbocycles. The second-order valence-corrected chi connectivity index (χ2v) is 13.2. The van der Waals surface area contributed by atoms with Gasteiger partial charge in [-0.2, -0.15) is 0 Å². The molecule has 0 saturated carbocycles. The lowest BCUT2D eigenvalue weighted by atomic mass is 9.93. The molecule has 0 radical (unpaired) electrons. The van der Waals surface area contributed by atoms with Crippen LogP contribution in [0.4, 0.5) is 17.1 Å². The van der Waals surface area contributed by atoms with Crippen LogP contribution in [-0.2, 0) is 0 Å². The van der Waals surface area contributed by atoms with Gasteiger partial charge < -0.3 is 4.90 Å². The molecule has 0 fully saturated rings. The van der Waals surface area contributed by atoms with Crippen molar-refractivity contribution in [1.82, 2.24) is 0 Å². The van der Waals surface area contributed by atoms with Crippen molar-refractivity contribution < 1.29 is 0 Å². The van der Waals surface area contributed by atoms with Crippen molar-refractivity contribution in [3.8, 4) is 33.4 Å². The quantitative estimate of drug-likeness (QED) is 0.177. The lowest BCUT2D eigenvalue weighted by molar-refractivity contribution is 1.29. The number of para-hydroxylation sites is 1. The average molecular weight is 630 g/mol. The Balaban J connectivity index is 1.39. The molecule has 8 aromatic carbocycles. The summed E-state index contributed by atoms with van der Waals surface area (Å²) in [4.78, 5) is 2.48. The van der Waals surface area contributed by atoms with Gasteiger partial charge in [0.1, 0.15) is 0 Å². The van der Waals surface area contributed by atoms with E-state index in [0.717, 1.165) is 17.1 Å². The zero-order valence-electron chi connectivity index (χ0n) is 26.3. The molecule has 1 aromatic heterocycles. The standard InChI is InChI=1S/C46H31NS/c1-3-14-32(15-4-1)35-20-13-21-37(30-35)45-42(28-29-44-46(45)40-23-10-12-25-43(40)48-44)47(38-27-26-33-16-7-8-19-36(33)31-38)41-24-11-9-22-39(41)34-17-5-2-6-18-34/h1-31H. The third kappa shape index (κ3) is 4.95. The minimum atomic E-state index is 1.12. The van der Waals surface area contributed by atoms with Crippen LogP contribution < -0.4 is 4.90 Å². The van der Waals surface area contributed by atoms with E-state index in [1.54, 1.807) is 0 Å². The first-order valence-corrected chi connectivity index (χ1v) is 17.2. The Morgan fingerprint density at radius 3 is 1.90 bits per heavy atom. The van der Waals surface area contributed by atoms with Crippen LogP contribution in [0.3, 0.4) is 0 Å². The maximum absolute atomic E-state index is 2.48. The van der Waals surface area contributed by atoms with Crippen LogP contribution in [0.5, 0.6) is 0 Å². The summed E-state index contributed by atoms with van der Waals surface area (Å²) in [6.07, 6.45) is 0. The van der Waals surface area contributed by atoms with Crippen LogP contribution in [0.25, 0.3) is 64.3 Å². The van der Waals surface area contributed by atoms with E-state index < -0.39 is 0 Å². The van der Waals surface area contributed by atoms with Gasteiger partial charge in [-0.25, -0.2) is 0 Å². The maximum Gasteiger partial charge on any atom is 0.0547 e. The van der Waals surface area contributed by atoms with E-state index in [-0.39, 0.29) is 0 Å². The summed E-state index contributed by atoms with van der Waals surface area (Å²) < 4.78 is 2.59. The van der Waals surface area contributed by atoms with Gasteiger partial charge in [-0.15, -0.1) is 11.3 Å². The third-order valence-electron chi connectivity index (χ3n) is 9.24. The number of rotatable bonds is 6. The largest absolute Gasteiger partial charge is 0.309 e. The highest BCUT2D eigenvalue weighted by molar-refractivity contribution is 7.26. The molecule has 2 heteroatoms. The third-order valence-corrected chi connectivity index (χ3v) is 10.4. The molecule has 48 heavy (non-hydrogen) atoms. The summed E-state index contributed by atoms with van der Waals surface area (Å²) in [6.45, 7) is 0. The van der Waals surface area contributed by atoms with Crippen molar-refractivity contribution in [2.45, 2.75) is 0 Å². The fourth-order valence-electron chi connectivity index (χ4n) is 7.02. The molecule has 0 aliphatic heterocycles. The summed E-state index contributed by atoms with van der Waals surface area (Å²) >= 11 is 1.87. The molecule has 1 heterocycles. The molecule has 0 saturated heterocycles. The second kappa shape index (κ2) is 12.0. The van der Waals surface area contributed by atoms with Gasteiger partial charge >= 0.3 is 0 Å². The maximum atomic E-state index is 2.48. The monoisotopic (exact) mass is 629 g/mol. The van der Waals surface area contributed by atoms with Crippen LogP contribution in [0.2, 0.25) is 0 Å². The van der Waals surface area contributed by atoms with E-state index in [4.69, 9.17) is 0 Å². The van der Waals surface area contributed by atoms with Crippen molar-refractivity contribution in [2.24, 2.45) is 0 Å². The normalized spacial score (nSPS) is 11.3. The Kier molecular flexibility index (Phi) is 7.07. The van der Waals surface area contributed by atoms with Gasteiger partial charge in [-0.1, -0.05) is 146 Å². The summed E-state index contributed by atoms with van der Waals surface area (Å²) in [5, 5.41) is 5.02. The predicted molar refractivity (Wildman–Crippen MR) is 208 cm³/mol. The molecular formula is C46H31NS. The topological polar surface area (TPSA) is 3.24 Å². The highest BCUT2D eigenvalue weighted by atomic mass is 32.1. The van der Waals surface area contributed by atoms with Crippen molar-refractivity contribution in [1.29, 1.82) is 0 Å². The SMILES string of the molecule is c1ccc(-c2cccc(-c3c(N(c4ccc5ccccc5c4)c4ccccc4-c4ccccc4)ccc4sc5ccccc5c34)c2)cc1. The molecule has 0 N–H and O–H groups in total. The molecule has 0 unspecified atom stereocenters. The molecule has 0 amide bonds.